The van der Waals surface area contributed by atoms with Crippen LogP contribution in [0, 0.1) is 0 Å². The lowest BCUT2D eigenvalue weighted by atomic mass is 10.0. The van der Waals surface area contributed by atoms with Crippen molar-refractivity contribution in [3.8, 4) is 0 Å². The standard InChI is InChI=1S/C17H19NS2/c1-2-9-18-15(17-8-5-10-19-17)11-13-12-20-16-7-4-3-6-14(13)16/h3-8,10,12,15,18H,2,9,11H2,1H3. The first-order valence-electron chi connectivity index (χ1n) is 7.10. The first kappa shape index (κ1) is 13.8. The molecule has 0 aliphatic heterocycles. The van der Waals surface area contributed by atoms with Gasteiger partial charge in [0.2, 0.25) is 0 Å². The molecule has 3 rings (SSSR count). The third-order valence-electron chi connectivity index (χ3n) is 3.51. The average molecular weight is 301 g/mol. The van der Waals surface area contributed by atoms with Gasteiger partial charge in [-0.05, 0) is 53.2 Å². The van der Waals surface area contributed by atoms with Gasteiger partial charge in [0.1, 0.15) is 0 Å². The molecular weight excluding hydrogens is 282 g/mol. The molecule has 0 bridgehead atoms. The van der Waals surface area contributed by atoms with E-state index in [1.54, 1.807) is 0 Å². The van der Waals surface area contributed by atoms with Gasteiger partial charge >= 0.3 is 0 Å². The largest absolute Gasteiger partial charge is 0.309 e. The zero-order chi connectivity index (χ0) is 13.8. The molecule has 0 aliphatic rings. The number of thiophene rings is 2. The fraction of sp³-hybridized carbons (Fsp3) is 0.294. The summed E-state index contributed by atoms with van der Waals surface area (Å²) in [6.45, 7) is 3.29. The van der Waals surface area contributed by atoms with Crippen molar-refractivity contribution in [1.29, 1.82) is 0 Å². The molecule has 3 aromatic rings. The van der Waals surface area contributed by atoms with Crippen LogP contribution in [0.25, 0.3) is 10.1 Å². The zero-order valence-electron chi connectivity index (χ0n) is 11.6. The van der Waals surface area contributed by atoms with Gasteiger partial charge in [-0.15, -0.1) is 22.7 Å². The SMILES string of the molecule is CCCNC(Cc1csc2ccccc12)c1cccs1. The maximum absolute atomic E-state index is 3.69. The van der Waals surface area contributed by atoms with Crippen molar-refractivity contribution in [2.75, 3.05) is 6.54 Å². The molecule has 1 nitrogen and oxygen atoms in total. The Morgan fingerprint density at radius 1 is 1.10 bits per heavy atom. The Kier molecular flexibility index (Phi) is 4.51. The van der Waals surface area contributed by atoms with E-state index in [0.717, 1.165) is 13.0 Å². The Labute approximate surface area is 128 Å². The third kappa shape index (κ3) is 2.95. The van der Waals surface area contributed by atoms with E-state index in [1.165, 1.54) is 26.9 Å². The molecule has 104 valence electrons. The molecule has 1 atom stereocenters. The zero-order valence-corrected chi connectivity index (χ0v) is 13.3. The molecule has 0 aliphatic carbocycles. The highest BCUT2D eigenvalue weighted by Crippen LogP contribution is 2.30. The minimum Gasteiger partial charge on any atom is -0.309 e. The van der Waals surface area contributed by atoms with Crippen LogP contribution in [0.4, 0.5) is 0 Å². The van der Waals surface area contributed by atoms with E-state index in [0.29, 0.717) is 6.04 Å². The van der Waals surface area contributed by atoms with Crippen molar-refractivity contribution in [2.24, 2.45) is 0 Å². The first-order valence-corrected chi connectivity index (χ1v) is 8.86. The summed E-state index contributed by atoms with van der Waals surface area (Å²) >= 11 is 3.70. The van der Waals surface area contributed by atoms with Crippen LogP contribution in [-0.4, -0.2) is 6.54 Å². The minimum atomic E-state index is 0.438. The second-order valence-corrected chi connectivity index (χ2v) is 6.87. The van der Waals surface area contributed by atoms with Gasteiger partial charge in [0.15, 0.2) is 0 Å². The van der Waals surface area contributed by atoms with E-state index in [4.69, 9.17) is 0 Å². The highest BCUT2D eigenvalue weighted by Gasteiger charge is 2.14. The first-order chi connectivity index (χ1) is 9.88. The molecule has 1 N–H and O–H groups in total. The van der Waals surface area contributed by atoms with E-state index < -0.39 is 0 Å². The average Bonchev–Trinajstić information content (AvgIpc) is 3.13. The second kappa shape index (κ2) is 6.53. The van der Waals surface area contributed by atoms with Crippen LogP contribution < -0.4 is 5.32 Å². The molecule has 1 aromatic carbocycles. The quantitative estimate of drug-likeness (QED) is 0.656. The normalized spacial score (nSPS) is 12.8. The highest BCUT2D eigenvalue weighted by molar-refractivity contribution is 7.17. The van der Waals surface area contributed by atoms with E-state index in [-0.39, 0.29) is 0 Å². The maximum atomic E-state index is 3.69. The summed E-state index contributed by atoms with van der Waals surface area (Å²) in [6, 6.07) is 13.5. The molecule has 2 aromatic heterocycles. The lowest BCUT2D eigenvalue weighted by molar-refractivity contribution is 0.538. The highest BCUT2D eigenvalue weighted by atomic mass is 32.1. The summed E-state index contributed by atoms with van der Waals surface area (Å²) in [6.07, 6.45) is 2.25. The van der Waals surface area contributed by atoms with Crippen molar-refractivity contribution in [1.82, 2.24) is 5.32 Å². The van der Waals surface area contributed by atoms with Gasteiger partial charge in [0, 0.05) is 15.6 Å². The fourth-order valence-electron chi connectivity index (χ4n) is 2.49. The van der Waals surface area contributed by atoms with Gasteiger partial charge in [-0.1, -0.05) is 31.2 Å². The van der Waals surface area contributed by atoms with Crippen molar-refractivity contribution < 1.29 is 0 Å². The molecule has 0 saturated heterocycles. The summed E-state index contributed by atoms with van der Waals surface area (Å²) in [4.78, 5) is 1.44. The number of nitrogens with one attached hydrogen (secondary N) is 1. The molecule has 0 radical (unpaired) electrons. The molecular formula is C17H19NS2. The van der Waals surface area contributed by atoms with Crippen LogP contribution in [0.5, 0.6) is 0 Å². The molecule has 2 heterocycles. The van der Waals surface area contributed by atoms with Crippen LogP contribution in [-0.2, 0) is 6.42 Å². The number of hydrogen-bond donors (Lipinski definition) is 1. The van der Waals surface area contributed by atoms with Crippen LogP contribution in [0.3, 0.4) is 0 Å². The van der Waals surface area contributed by atoms with E-state index in [2.05, 4.69) is 59.4 Å². The smallest absolute Gasteiger partial charge is 0.0456 e. The molecule has 0 spiro atoms. The maximum Gasteiger partial charge on any atom is 0.0456 e. The minimum absolute atomic E-state index is 0.438. The monoisotopic (exact) mass is 301 g/mol. The molecule has 20 heavy (non-hydrogen) atoms. The van der Waals surface area contributed by atoms with Crippen LogP contribution in [0.1, 0.15) is 29.8 Å². The Balaban J connectivity index is 1.85. The third-order valence-corrected chi connectivity index (χ3v) is 5.51. The van der Waals surface area contributed by atoms with Gasteiger partial charge in [-0.25, -0.2) is 0 Å². The number of benzene rings is 1. The predicted molar refractivity (Wildman–Crippen MR) is 90.9 cm³/mol. The molecule has 0 amide bonds. The van der Waals surface area contributed by atoms with Gasteiger partial charge in [-0.2, -0.15) is 0 Å². The summed E-state index contributed by atoms with van der Waals surface area (Å²) in [5, 5.41) is 9.59. The summed E-state index contributed by atoms with van der Waals surface area (Å²) in [7, 11) is 0. The van der Waals surface area contributed by atoms with Crippen molar-refractivity contribution in [3.05, 3.63) is 57.6 Å². The summed E-state index contributed by atoms with van der Waals surface area (Å²) in [5.74, 6) is 0. The molecule has 3 heteroatoms. The Hall–Kier alpha value is -1.16. The van der Waals surface area contributed by atoms with Crippen molar-refractivity contribution >= 4 is 32.8 Å². The summed E-state index contributed by atoms with van der Waals surface area (Å²) < 4.78 is 1.39. The van der Waals surface area contributed by atoms with Gasteiger partial charge in [0.05, 0.1) is 0 Å². The predicted octanol–water partition coefficient (Wildman–Crippen LogP) is 5.25. The lowest BCUT2D eigenvalue weighted by Gasteiger charge is -2.17. The van der Waals surface area contributed by atoms with Crippen LogP contribution in [0.2, 0.25) is 0 Å². The van der Waals surface area contributed by atoms with Crippen LogP contribution in [0.15, 0.2) is 47.2 Å². The van der Waals surface area contributed by atoms with Crippen molar-refractivity contribution in [3.63, 3.8) is 0 Å². The number of hydrogen-bond acceptors (Lipinski definition) is 3. The number of fused-ring (bicyclic) bond motifs is 1. The Morgan fingerprint density at radius 2 is 2.00 bits per heavy atom. The van der Waals surface area contributed by atoms with E-state index >= 15 is 0 Å². The lowest BCUT2D eigenvalue weighted by Crippen LogP contribution is -2.23. The van der Waals surface area contributed by atoms with Gasteiger partial charge < -0.3 is 5.32 Å². The molecule has 1 unspecified atom stereocenters. The van der Waals surface area contributed by atoms with Crippen LogP contribution >= 0.6 is 22.7 Å². The topological polar surface area (TPSA) is 12.0 Å². The summed E-state index contributed by atoms with van der Waals surface area (Å²) in [5.41, 5.74) is 1.47. The fourth-order valence-corrected chi connectivity index (χ4v) is 4.27. The Morgan fingerprint density at radius 3 is 2.80 bits per heavy atom. The molecule has 0 saturated carbocycles. The van der Waals surface area contributed by atoms with E-state index in [9.17, 15) is 0 Å². The number of rotatable bonds is 6. The van der Waals surface area contributed by atoms with Crippen molar-refractivity contribution in [2.45, 2.75) is 25.8 Å². The molecule has 0 fully saturated rings. The van der Waals surface area contributed by atoms with Gasteiger partial charge in [-0.3, -0.25) is 0 Å². The van der Waals surface area contributed by atoms with Gasteiger partial charge in [0.25, 0.3) is 0 Å². The second-order valence-electron chi connectivity index (χ2n) is 4.98. The Bertz CT molecular complexity index is 655. The van der Waals surface area contributed by atoms with E-state index in [1.807, 2.05) is 22.7 Å².